The van der Waals surface area contributed by atoms with Crippen LogP contribution in [0.15, 0.2) is 77.8 Å². The molecule has 0 unspecified atom stereocenters. The van der Waals surface area contributed by atoms with E-state index in [1.165, 1.54) is 72.8 Å². The second kappa shape index (κ2) is 33.6. The van der Waals surface area contributed by atoms with Crippen LogP contribution in [0.2, 0.25) is 0 Å². The summed E-state index contributed by atoms with van der Waals surface area (Å²) in [5.74, 6) is -11.1. The summed E-state index contributed by atoms with van der Waals surface area (Å²) in [7, 11) is 0. The van der Waals surface area contributed by atoms with Crippen LogP contribution in [-0.2, 0) is 62.4 Å². The number of carboxylic acids is 2. The first kappa shape index (κ1) is 68.4. The number of aromatic hydroxyl groups is 3. The standard InChI is InChI=1S/C50H71N11O13.C2HF3O2/c1-5-28(4)42(61-43(67)35(51)26-62)48(72)60-39(24-31-12-18-34(65)19-13-31)46(70)57-36(7-6-20-54-50(52)53)45(69)59-38(23-30-10-16-33(64)17-11-30)47(71)58-37(22-29-8-14-32(63)15-9-29)44(68)55-25-41(66)56-40(49(73)74)21-27(2)3;3-2(4,5)1(6)7/h8-19,27-28,35-40,42,62-65H,5-7,20-26,51H2,1-4H3,(H,55,68)(H,56,66)(H,57,70)(H,58,71)(H,59,69)(H,60,72)(H,61,67)(H,73,74)(H4,52,53,54);(H,6,7)/t28-,35-,36-,37-,38-,39-,40-,42-;/m0./s1. The van der Waals surface area contributed by atoms with Gasteiger partial charge in [-0.2, -0.15) is 13.2 Å². The van der Waals surface area contributed by atoms with Crippen LogP contribution < -0.4 is 54.4 Å². The lowest BCUT2D eigenvalue weighted by Gasteiger charge is -2.29. The molecule has 0 heterocycles. The van der Waals surface area contributed by atoms with Crippen LogP contribution in [0.1, 0.15) is 70.1 Å². The predicted octanol–water partition coefficient (Wildman–Crippen LogP) is -0.960. The summed E-state index contributed by atoms with van der Waals surface area (Å²) in [5, 5.41) is 74.1. The number of nitrogens with one attached hydrogen (secondary N) is 7. The van der Waals surface area contributed by atoms with Gasteiger partial charge in [0.1, 0.15) is 59.5 Å². The molecule has 0 aliphatic rings. The first-order valence-electron chi connectivity index (χ1n) is 25.3. The number of hydrogen-bond acceptors (Lipinski definition) is 15. The van der Waals surface area contributed by atoms with Gasteiger partial charge in [0.15, 0.2) is 5.96 Å². The molecule has 7 amide bonds. The maximum absolute atomic E-state index is 14.6. The highest BCUT2D eigenvalue weighted by molar-refractivity contribution is 5.97. The zero-order valence-electron chi connectivity index (χ0n) is 44.9. The molecule has 3 aromatic carbocycles. The molecule has 0 aliphatic heterocycles. The highest BCUT2D eigenvalue weighted by Crippen LogP contribution is 2.17. The van der Waals surface area contributed by atoms with E-state index < -0.39 is 121 Å². The third-order valence-corrected chi connectivity index (χ3v) is 11.9. The van der Waals surface area contributed by atoms with E-state index in [-0.39, 0.29) is 74.2 Å². The molecule has 19 N–H and O–H groups in total. The fourth-order valence-corrected chi connectivity index (χ4v) is 7.36. The Morgan fingerprint density at radius 2 is 0.975 bits per heavy atom. The van der Waals surface area contributed by atoms with Crippen molar-refractivity contribution >= 4 is 59.2 Å². The van der Waals surface area contributed by atoms with Crippen molar-refractivity contribution in [2.45, 2.75) is 121 Å². The first-order chi connectivity index (χ1) is 37.9. The molecule has 8 atom stereocenters. The molecule has 0 saturated heterocycles. The molecule has 0 spiro atoms. The number of benzene rings is 3. The fourth-order valence-electron chi connectivity index (χ4n) is 7.36. The number of hydrogen-bond donors (Lipinski definition) is 16. The lowest BCUT2D eigenvalue weighted by molar-refractivity contribution is -0.192. The number of alkyl halides is 3. The van der Waals surface area contributed by atoms with E-state index in [0.29, 0.717) is 23.1 Å². The third kappa shape index (κ3) is 25.7. The first-order valence-corrected chi connectivity index (χ1v) is 25.3. The minimum absolute atomic E-state index is 0.000105. The summed E-state index contributed by atoms with van der Waals surface area (Å²) in [6.45, 7) is 5.62. The molecule has 0 radical (unpaired) electrons. The van der Waals surface area contributed by atoms with Gasteiger partial charge in [-0.3, -0.25) is 38.6 Å². The third-order valence-electron chi connectivity index (χ3n) is 11.9. The number of rotatable bonds is 30. The maximum atomic E-state index is 14.6. The van der Waals surface area contributed by atoms with Crippen LogP contribution in [0.25, 0.3) is 0 Å². The number of carbonyl (C=O) groups excluding carboxylic acids is 7. The number of guanidine groups is 1. The number of amides is 7. The molecule has 0 saturated carbocycles. The summed E-state index contributed by atoms with van der Waals surface area (Å²) in [4.78, 5) is 122. The zero-order valence-corrected chi connectivity index (χ0v) is 44.9. The number of nitrogens with two attached hydrogens (primary N) is 3. The lowest BCUT2D eigenvalue weighted by Crippen LogP contribution is -2.61. The van der Waals surface area contributed by atoms with Crippen molar-refractivity contribution in [1.82, 2.24) is 37.2 Å². The molecule has 0 aliphatic carbocycles. The monoisotopic (exact) mass is 1150 g/mol. The molecule has 0 fully saturated rings. The number of nitrogens with zero attached hydrogens (tertiary/aromatic N) is 1. The van der Waals surface area contributed by atoms with Gasteiger partial charge in [-0.05, 0) is 84.2 Å². The summed E-state index contributed by atoms with van der Waals surface area (Å²) in [6.07, 6.45) is -5.24. The van der Waals surface area contributed by atoms with Crippen molar-refractivity contribution in [2.24, 2.45) is 34.0 Å². The fraction of sp³-hybridized carbons (Fsp3) is 0.462. The number of carbonyl (C=O) groups is 9. The Kier molecular flexibility index (Phi) is 28.4. The summed E-state index contributed by atoms with van der Waals surface area (Å²) in [6, 6.07) is 7.47. The highest BCUT2D eigenvalue weighted by atomic mass is 19.4. The van der Waals surface area contributed by atoms with E-state index in [2.05, 4.69) is 42.2 Å². The van der Waals surface area contributed by atoms with E-state index >= 15 is 0 Å². The van der Waals surface area contributed by atoms with Crippen molar-refractivity contribution in [3.63, 3.8) is 0 Å². The SMILES string of the molecule is CC[C@H](C)[C@H](NC(=O)[C@@H](N)CO)C(=O)N[C@@H](Cc1ccc(O)cc1)C(=O)N[C@@H](CCCN=C(N)N)C(=O)N[C@@H](Cc1ccc(O)cc1)C(=O)N[C@@H](Cc1ccc(O)cc1)C(=O)NCC(=O)N[C@@H](CC(C)C)C(=O)O.O=C(O)C(F)(F)F. The summed E-state index contributed by atoms with van der Waals surface area (Å²) >= 11 is 0. The van der Waals surface area contributed by atoms with Gasteiger partial charge in [-0.15, -0.1) is 0 Å². The van der Waals surface area contributed by atoms with Crippen molar-refractivity contribution in [3.05, 3.63) is 89.5 Å². The molecule has 81 heavy (non-hydrogen) atoms. The molecule has 446 valence electrons. The predicted molar refractivity (Wildman–Crippen MR) is 285 cm³/mol. The van der Waals surface area contributed by atoms with Crippen molar-refractivity contribution in [1.29, 1.82) is 0 Å². The highest BCUT2D eigenvalue weighted by Gasteiger charge is 2.38. The maximum Gasteiger partial charge on any atom is 0.490 e. The Hall–Kier alpha value is -8.73. The molecular formula is C52H72F3N11O15. The smallest absolute Gasteiger partial charge is 0.490 e. The Labute approximate surface area is 463 Å². The van der Waals surface area contributed by atoms with Gasteiger partial charge in [-0.1, -0.05) is 70.5 Å². The zero-order chi connectivity index (χ0) is 61.1. The number of aliphatic imine (C=N–C) groups is 1. The van der Waals surface area contributed by atoms with Crippen LogP contribution in [-0.4, -0.2) is 158 Å². The van der Waals surface area contributed by atoms with Crippen LogP contribution >= 0.6 is 0 Å². The number of carboxylic acid groups (broad SMARTS) is 2. The van der Waals surface area contributed by atoms with Gasteiger partial charge >= 0.3 is 18.1 Å². The molecule has 26 nitrogen and oxygen atoms in total. The molecule has 3 aromatic rings. The van der Waals surface area contributed by atoms with E-state index in [1.54, 1.807) is 27.7 Å². The van der Waals surface area contributed by atoms with E-state index in [0.717, 1.165) is 0 Å². The number of halogens is 3. The quantitative estimate of drug-likeness (QED) is 0.0217. The molecule has 0 bridgehead atoms. The largest absolute Gasteiger partial charge is 0.508 e. The van der Waals surface area contributed by atoms with E-state index in [4.69, 9.17) is 27.1 Å². The Bertz CT molecular complexity index is 2610. The number of phenolic OH excluding ortho intramolecular Hbond substituents is 3. The van der Waals surface area contributed by atoms with Crippen LogP contribution in [0.3, 0.4) is 0 Å². The Morgan fingerprint density at radius 1 is 0.580 bits per heavy atom. The summed E-state index contributed by atoms with van der Waals surface area (Å²) in [5.41, 5.74) is 18.2. The van der Waals surface area contributed by atoms with Crippen LogP contribution in [0.4, 0.5) is 13.2 Å². The molecule has 29 heteroatoms. The van der Waals surface area contributed by atoms with Crippen molar-refractivity contribution < 1.29 is 87.0 Å². The normalized spacial score (nSPS) is 14.0. The average Bonchev–Trinajstić information content (AvgIpc) is 3.40. The van der Waals surface area contributed by atoms with E-state index in [1.807, 2.05) is 0 Å². The number of aliphatic hydroxyl groups excluding tert-OH is 1. The number of phenols is 3. The van der Waals surface area contributed by atoms with Crippen LogP contribution in [0.5, 0.6) is 17.2 Å². The minimum atomic E-state index is -5.08. The number of aliphatic hydroxyl groups is 1. The van der Waals surface area contributed by atoms with Gasteiger partial charge in [0.2, 0.25) is 41.4 Å². The van der Waals surface area contributed by atoms with Gasteiger partial charge in [0.25, 0.3) is 0 Å². The van der Waals surface area contributed by atoms with Gasteiger partial charge in [0, 0.05) is 25.8 Å². The molecular weight excluding hydrogens is 1080 g/mol. The van der Waals surface area contributed by atoms with Crippen LogP contribution in [0, 0.1) is 11.8 Å². The van der Waals surface area contributed by atoms with E-state index in [9.17, 15) is 77.1 Å². The Balaban J connectivity index is 0.00000299. The Morgan fingerprint density at radius 3 is 1.35 bits per heavy atom. The number of aliphatic carboxylic acids is 2. The second-order valence-corrected chi connectivity index (χ2v) is 19.1. The molecule has 3 rings (SSSR count). The van der Waals surface area contributed by atoms with Crippen molar-refractivity contribution in [3.8, 4) is 17.2 Å². The minimum Gasteiger partial charge on any atom is -0.508 e. The second-order valence-electron chi connectivity index (χ2n) is 19.1. The summed E-state index contributed by atoms with van der Waals surface area (Å²) < 4.78 is 31.7. The topological polar surface area (TPSA) is 450 Å². The average molecular weight is 1150 g/mol. The van der Waals surface area contributed by atoms with Gasteiger partial charge in [0.05, 0.1) is 13.2 Å². The van der Waals surface area contributed by atoms with Crippen molar-refractivity contribution in [2.75, 3.05) is 19.7 Å². The lowest BCUT2D eigenvalue weighted by atomic mass is 9.96. The van der Waals surface area contributed by atoms with Gasteiger partial charge < -0.3 is 85.1 Å². The van der Waals surface area contributed by atoms with Gasteiger partial charge in [-0.25, -0.2) is 9.59 Å². The molecule has 0 aromatic heterocycles.